The summed E-state index contributed by atoms with van der Waals surface area (Å²) < 4.78 is 5.07. The minimum absolute atomic E-state index is 0.148. The third-order valence-corrected chi connectivity index (χ3v) is 1.72. The van der Waals surface area contributed by atoms with Crippen molar-refractivity contribution in [2.24, 2.45) is 4.99 Å². The fourth-order valence-electron chi connectivity index (χ4n) is 0.832. The number of carboxylic acid groups (broad SMARTS) is 1. The second kappa shape index (κ2) is 3.42. The van der Waals surface area contributed by atoms with Crippen LogP contribution in [-0.4, -0.2) is 48.2 Å². The topological polar surface area (TPSA) is 62.1 Å². The first-order valence-electron chi connectivity index (χ1n) is 3.79. The lowest BCUT2D eigenvalue weighted by molar-refractivity contribution is -0.138. The first-order chi connectivity index (χ1) is 5.65. The number of carboxylic acids is 1. The first kappa shape index (κ1) is 8.83. The standard InChI is InChI=1S/C7H12N2O3/c1-3-9(2)7-8-5(4-12-7)6(10)11/h5H,3-4H2,1-2H3,(H,10,11)/t5-/m0/s1. The Morgan fingerprint density at radius 1 is 1.92 bits per heavy atom. The van der Waals surface area contributed by atoms with Crippen molar-refractivity contribution in [2.45, 2.75) is 13.0 Å². The molecule has 0 radical (unpaired) electrons. The fourth-order valence-corrected chi connectivity index (χ4v) is 0.832. The molecule has 1 rings (SSSR count). The maximum absolute atomic E-state index is 10.5. The molecule has 0 fully saturated rings. The smallest absolute Gasteiger partial charge is 0.332 e. The summed E-state index contributed by atoms with van der Waals surface area (Å²) in [6, 6.07) is -0.307. The summed E-state index contributed by atoms with van der Waals surface area (Å²) in [5.74, 6) is -0.936. The molecule has 12 heavy (non-hydrogen) atoms. The largest absolute Gasteiger partial charge is 0.480 e. The Balaban J connectivity index is 2.59. The number of aliphatic imine (C=N–C) groups is 1. The lowest BCUT2D eigenvalue weighted by atomic mass is 10.3. The molecular formula is C7H12N2O3. The molecule has 1 aliphatic rings. The molecule has 0 aliphatic carbocycles. The Kier molecular flexibility index (Phi) is 2.52. The van der Waals surface area contributed by atoms with Gasteiger partial charge in [-0.3, -0.25) is 0 Å². The van der Waals surface area contributed by atoms with Crippen LogP contribution in [0.5, 0.6) is 0 Å². The van der Waals surface area contributed by atoms with E-state index in [1.807, 2.05) is 14.0 Å². The Labute approximate surface area is 70.6 Å². The van der Waals surface area contributed by atoms with Crippen LogP contribution >= 0.6 is 0 Å². The predicted molar refractivity (Wildman–Crippen MR) is 43.1 cm³/mol. The van der Waals surface area contributed by atoms with Crippen molar-refractivity contribution < 1.29 is 14.6 Å². The summed E-state index contributed by atoms with van der Waals surface area (Å²) in [6.45, 7) is 2.85. The van der Waals surface area contributed by atoms with Crippen LogP contribution in [0, 0.1) is 0 Å². The molecule has 1 N–H and O–H groups in total. The van der Waals surface area contributed by atoms with E-state index in [9.17, 15) is 4.79 Å². The van der Waals surface area contributed by atoms with Crippen LogP contribution in [0.25, 0.3) is 0 Å². The molecule has 5 nitrogen and oxygen atoms in total. The Morgan fingerprint density at radius 3 is 3.00 bits per heavy atom. The van der Waals surface area contributed by atoms with E-state index in [0.29, 0.717) is 6.02 Å². The molecular weight excluding hydrogens is 160 g/mol. The summed E-state index contributed by atoms with van der Waals surface area (Å²) in [7, 11) is 1.81. The van der Waals surface area contributed by atoms with E-state index in [1.54, 1.807) is 4.90 Å². The van der Waals surface area contributed by atoms with Crippen LogP contribution in [0.15, 0.2) is 4.99 Å². The maximum atomic E-state index is 10.5. The van der Waals surface area contributed by atoms with Crippen LogP contribution in [0.4, 0.5) is 0 Å². The molecule has 0 aromatic rings. The summed E-state index contributed by atoms with van der Waals surface area (Å²) in [5.41, 5.74) is 0. The van der Waals surface area contributed by atoms with E-state index in [2.05, 4.69) is 4.99 Å². The van der Waals surface area contributed by atoms with Gasteiger partial charge in [0.25, 0.3) is 6.02 Å². The van der Waals surface area contributed by atoms with Crippen molar-refractivity contribution >= 4 is 12.0 Å². The molecule has 0 aromatic carbocycles. The fraction of sp³-hybridized carbons (Fsp3) is 0.714. The van der Waals surface area contributed by atoms with Gasteiger partial charge in [-0.1, -0.05) is 0 Å². The number of rotatable bonds is 2. The normalized spacial score (nSPS) is 21.5. The molecule has 0 saturated carbocycles. The van der Waals surface area contributed by atoms with Crippen molar-refractivity contribution in [3.8, 4) is 0 Å². The second-order valence-electron chi connectivity index (χ2n) is 2.59. The monoisotopic (exact) mass is 172 g/mol. The van der Waals surface area contributed by atoms with Crippen molar-refractivity contribution in [2.75, 3.05) is 20.2 Å². The highest BCUT2D eigenvalue weighted by Crippen LogP contribution is 2.06. The number of ether oxygens (including phenoxy) is 1. The molecule has 5 heteroatoms. The van der Waals surface area contributed by atoms with Crippen molar-refractivity contribution in [3.05, 3.63) is 0 Å². The van der Waals surface area contributed by atoms with Crippen molar-refractivity contribution in [1.29, 1.82) is 0 Å². The lowest BCUT2D eigenvalue weighted by Gasteiger charge is -2.13. The summed E-state index contributed by atoms with van der Waals surface area (Å²) in [4.78, 5) is 16.1. The average Bonchev–Trinajstić information content (AvgIpc) is 2.51. The van der Waals surface area contributed by atoms with E-state index in [-0.39, 0.29) is 6.61 Å². The maximum Gasteiger partial charge on any atom is 0.332 e. The van der Waals surface area contributed by atoms with Gasteiger partial charge in [0, 0.05) is 13.6 Å². The molecule has 0 aromatic heterocycles. The molecule has 0 spiro atoms. The van der Waals surface area contributed by atoms with E-state index in [1.165, 1.54) is 0 Å². The molecule has 1 heterocycles. The molecule has 68 valence electrons. The summed E-state index contributed by atoms with van der Waals surface area (Å²) in [6.07, 6.45) is 0. The average molecular weight is 172 g/mol. The van der Waals surface area contributed by atoms with Gasteiger partial charge in [0.1, 0.15) is 6.61 Å². The quantitative estimate of drug-likeness (QED) is 0.625. The van der Waals surface area contributed by atoms with Crippen LogP contribution in [0.2, 0.25) is 0 Å². The lowest BCUT2D eigenvalue weighted by Crippen LogP contribution is -2.26. The van der Waals surface area contributed by atoms with Gasteiger partial charge in [-0.05, 0) is 6.92 Å². The third-order valence-electron chi connectivity index (χ3n) is 1.72. The number of carbonyl (C=O) groups is 1. The molecule has 0 bridgehead atoms. The zero-order valence-electron chi connectivity index (χ0n) is 7.15. The van der Waals surface area contributed by atoms with Gasteiger partial charge in [-0.25, -0.2) is 9.79 Å². The Morgan fingerprint density at radius 2 is 2.58 bits per heavy atom. The SMILES string of the molecule is CCN(C)C1=N[C@H](C(=O)O)CO1. The van der Waals surface area contributed by atoms with Gasteiger partial charge in [0.05, 0.1) is 0 Å². The third kappa shape index (κ3) is 1.66. The highest BCUT2D eigenvalue weighted by atomic mass is 16.5. The van der Waals surface area contributed by atoms with Crippen LogP contribution in [0.1, 0.15) is 6.92 Å². The van der Waals surface area contributed by atoms with Crippen molar-refractivity contribution in [1.82, 2.24) is 4.90 Å². The van der Waals surface area contributed by atoms with E-state index in [0.717, 1.165) is 6.54 Å². The van der Waals surface area contributed by atoms with Crippen LogP contribution in [0.3, 0.4) is 0 Å². The molecule has 1 aliphatic heterocycles. The zero-order chi connectivity index (χ0) is 9.14. The number of aliphatic carboxylic acids is 1. The van der Waals surface area contributed by atoms with Crippen molar-refractivity contribution in [3.63, 3.8) is 0 Å². The molecule has 0 amide bonds. The number of nitrogens with zero attached hydrogens (tertiary/aromatic N) is 2. The van der Waals surface area contributed by atoms with Gasteiger partial charge in [-0.2, -0.15) is 0 Å². The highest BCUT2D eigenvalue weighted by Gasteiger charge is 2.26. The minimum Gasteiger partial charge on any atom is -0.480 e. The van der Waals surface area contributed by atoms with Crippen LogP contribution in [-0.2, 0) is 9.53 Å². The van der Waals surface area contributed by atoms with Gasteiger partial charge in [0.2, 0.25) is 0 Å². The van der Waals surface area contributed by atoms with Gasteiger partial charge >= 0.3 is 5.97 Å². The van der Waals surface area contributed by atoms with Gasteiger partial charge < -0.3 is 14.7 Å². The Bertz CT molecular complexity index is 215. The summed E-state index contributed by atoms with van der Waals surface area (Å²) in [5, 5.41) is 8.58. The van der Waals surface area contributed by atoms with E-state index >= 15 is 0 Å². The summed E-state index contributed by atoms with van der Waals surface area (Å²) >= 11 is 0. The minimum atomic E-state index is -0.936. The molecule has 0 saturated heterocycles. The highest BCUT2D eigenvalue weighted by molar-refractivity contribution is 5.83. The van der Waals surface area contributed by atoms with E-state index < -0.39 is 12.0 Å². The zero-order valence-corrected chi connectivity index (χ0v) is 7.15. The molecule has 0 unspecified atom stereocenters. The number of hydrogen-bond acceptors (Lipinski definition) is 4. The first-order valence-corrected chi connectivity index (χ1v) is 3.79. The Hall–Kier alpha value is -1.26. The second-order valence-corrected chi connectivity index (χ2v) is 2.59. The van der Waals surface area contributed by atoms with E-state index in [4.69, 9.17) is 9.84 Å². The number of amidine groups is 1. The van der Waals surface area contributed by atoms with Gasteiger partial charge in [-0.15, -0.1) is 0 Å². The predicted octanol–water partition coefficient (Wildman–Crippen LogP) is -0.222. The molecule has 1 atom stereocenters. The van der Waals surface area contributed by atoms with Crippen LogP contribution < -0.4 is 0 Å². The van der Waals surface area contributed by atoms with Gasteiger partial charge in [0.15, 0.2) is 6.04 Å². The number of hydrogen-bond donors (Lipinski definition) is 1.